The number of thiocarbonyl (C=S) groups is 1. The van der Waals surface area contributed by atoms with Crippen LogP contribution in [0.15, 0.2) is 40.9 Å². The average molecular weight is 358 g/mol. The molecule has 0 saturated carbocycles. The maximum Gasteiger partial charge on any atom is 0.129 e. The van der Waals surface area contributed by atoms with Crippen LogP contribution in [-0.4, -0.2) is 4.99 Å². The first kappa shape index (κ1) is 14.9. The molecule has 0 aliphatic heterocycles. The predicted octanol–water partition coefficient (Wildman–Crippen LogP) is 3.94. The highest BCUT2D eigenvalue weighted by Gasteiger charge is 2.07. The minimum absolute atomic E-state index is 0.0435. The van der Waals surface area contributed by atoms with Gasteiger partial charge in [-0.2, -0.15) is 0 Å². The van der Waals surface area contributed by atoms with Gasteiger partial charge >= 0.3 is 0 Å². The van der Waals surface area contributed by atoms with Gasteiger partial charge in [-0.25, -0.2) is 8.78 Å². The van der Waals surface area contributed by atoms with E-state index in [1.165, 1.54) is 30.3 Å². The molecule has 0 radical (unpaired) electrons. The van der Waals surface area contributed by atoms with E-state index in [9.17, 15) is 8.78 Å². The van der Waals surface area contributed by atoms with Crippen molar-refractivity contribution in [2.75, 3.05) is 0 Å². The highest BCUT2D eigenvalue weighted by atomic mass is 79.9. The van der Waals surface area contributed by atoms with Gasteiger partial charge in [0.1, 0.15) is 29.0 Å². The lowest BCUT2D eigenvalue weighted by Gasteiger charge is -2.09. The highest BCUT2D eigenvalue weighted by molar-refractivity contribution is 9.10. The summed E-state index contributed by atoms with van der Waals surface area (Å²) in [5.74, 6) is -0.566. The molecule has 0 spiro atoms. The van der Waals surface area contributed by atoms with Gasteiger partial charge in [0.25, 0.3) is 0 Å². The van der Waals surface area contributed by atoms with Crippen molar-refractivity contribution in [1.82, 2.24) is 0 Å². The van der Waals surface area contributed by atoms with Crippen molar-refractivity contribution in [2.24, 2.45) is 5.73 Å². The number of hydrogen-bond acceptors (Lipinski definition) is 2. The molecular weight excluding hydrogens is 348 g/mol. The van der Waals surface area contributed by atoms with Crippen LogP contribution in [0, 0.1) is 11.6 Å². The topological polar surface area (TPSA) is 35.2 Å². The monoisotopic (exact) mass is 357 g/mol. The van der Waals surface area contributed by atoms with Crippen molar-refractivity contribution in [3.63, 3.8) is 0 Å². The Kier molecular flexibility index (Phi) is 4.67. The lowest BCUT2D eigenvalue weighted by molar-refractivity contribution is 0.298. The van der Waals surface area contributed by atoms with E-state index in [-0.39, 0.29) is 11.6 Å². The first-order valence-electron chi connectivity index (χ1n) is 5.63. The molecule has 0 heterocycles. The van der Waals surface area contributed by atoms with Crippen LogP contribution in [0.25, 0.3) is 0 Å². The maximum atomic E-state index is 13.6. The Hall–Kier alpha value is -1.53. The molecule has 0 saturated heterocycles. The molecule has 0 bridgehead atoms. The van der Waals surface area contributed by atoms with E-state index in [0.717, 1.165) is 0 Å². The summed E-state index contributed by atoms with van der Waals surface area (Å²) in [6.45, 7) is -0.0435. The molecule has 0 atom stereocenters. The van der Waals surface area contributed by atoms with Crippen LogP contribution in [0.3, 0.4) is 0 Å². The van der Waals surface area contributed by atoms with Crippen LogP contribution in [0.2, 0.25) is 0 Å². The molecule has 2 rings (SSSR count). The number of nitrogens with two attached hydrogens (primary N) is 1. The minimum Gasteiger partial charge on any atom is -0.489 e. The quantitative estimate of drug-likeness (QED) is 0.841. The Labute approximate surface area is 128 Å². The van der Waals surface area contributed by atoms with Crippen molar-refractivity contribution in [2.45, 2.75) is 6.61 Å². The molecule has 104 valence electrons. The molecule has 0 aliphatic rings. The van der Waals surface area contributed by atoms with Crippen molar-refractivity contribution in [3.05, 3.63) is 63.6 Å². The molecule has 0 aromatic heterocycles. The van der Waals surface area contributed by atoms with Gasteiger partial charge in [0.15, 0.2) is 0 Å². The number of benzene rings is 2. The van der Waals surface area contributed by atoms with Crippen molar-refractivity contribution in [1.29, 1.82) is 0 Å². The number of rotatable bonds is 4. The summed E-state index contributed by atoms with van der Waals surface area (Å²) >= 11 is 7.99. The smallest absolute Gasteiger partial charge is 0.129 e. The van der Waals surface area contributed by atoms with E-state index in [2.05, 4.69) is 15.9 Å². The van der Waals surface area contributed by atoms with E-state index < -0.39 is 11.6 Å². The highest BCUT2D eigenvalue weighted by Crippen LogP contribution is 2.22. The zero-order valence-electron chi connectivity index (χ0n) is 10.2. The van der Waals surface area contributed by atoms with Crippen molar-refractivity contribution < 1.29 is 13.5 Å². The third kappa shape index (κ3) is 3.74. The normalized spacial score (nSPS) is 10.3. The van der Waals surface area contributed by atoms with Gasteiger partial charge in [0, 0.05) is 21.7 Å². The number of ether oxygens (including phenoxy) is 1. The molecule has 0 aliphatic carbocycles. The lowest BCUT2D eigenvalue weighted by atomic mass is 10.1. The molecule has 0 fully saturated rings. The van der Waals surface area contributed by atoms with Gasteiger partial charge in [-0.15, -0.1) is 0 Å². The molecule has 2 N–H and O–H groups in total. The molecule has 0 amide bonds. The molecule has 20 heavy (non-hydrogen) atoms. The minimum atomic E-state index is -0.438. The van der Waals surface area contributed by atoms with E-state index in [0.29, 0.717) is 21.3 Å². The largest absolute Gasteiger partial charge is 0.489 e. The van der Waals surface area contributed by atoms with Crippen LogP contribution in [0.5, 0.6) is 5.75 Å². The van der Waals surface area contributed by atoms with Crippen LogP contribution in [0.4, 0.5) is 8.78 Å². The number of halogens is 3. The molecule has 2 aromatic carbocycles. The van der Waals surface area contributed by atoms with Crippen LogP contribution >= 0.6 is 28.1 Å². The van der Waals surface area contributed by atoms with Crippen LogP contribution < -0.4 is 10.5 Å². The Morgan fingerprint density at radius 3 is 2.60 bits per heavy atom. The molecule has 2 nitrogen and oxygen atoms in total. The van der Waals surface area contributed by atoms with Gasteiger partial charge in [-0.1, -0.05) is 28.1 Å². The van der Waals surface area contributed by atoms with Gasteiger partial charge < -0.3 is 10.5 Å². The maximum absolute atomic E-state index is 13.6. The zero-order valence-corrected chi connectivity index (χ0v) is 12.6. The molecular formula is C14H10BrF2NOS. The Morgan fingerprint density at radius 2 is 1.95 bits per heavy atom. The van der Waals surface area contributed by atoms with Crippen molar-refractivity contribution in [3.8, 4) is 5.75 Å². The van der Waals surface area contributed by atoms with Gasteiger partial charge in [-0.3, -0.25) is 0 Å². The fraction of sp³-hybridized carbons (Fsp3) is 0.0714. The first-order valence-corrected chi connectivity index (χ1v) is 6.83. The average Bonchev–Trinajstić information content (AvgIpc) is 2.36. The molecule has 0 unspecified atom stereocenters. The summed E-state index contributed by atoms with van der Waals surface area (Å²) in [6.07, 6.45) is 0. The van der Waals surface area contributed by atoms with E-state index >= 15 is 0 Å². The summed E-state index contributed by atoms with van der Waals surface area (Å²) in [5, 5.41) is 0. The van der Waals surface area contributed by atoms with Crippen LogP contribution in [0.1, 0.15) is 11.1 Å². The Morgan fingerprint density at radius 1 is 1.20 bits per heavy atom. The Bertz CT molecular complexity index is 643. The summed E-state index contributed by atoms with van der Waals surface area (Å²) in [4.78, 5) is 0.180. The summed E-state index contributed by atoms with van der Waals surface area (Å²) in [7, 11) is 0. The third-order valence-corrected chi connectivity index (χ3v) is 3.25. The third-order valence-electron chi connectivity index (χ3n) is 2.56. The molecule has 2 aromatic rings. The fourth-order valence-electron chi connectivity index (χ4n) is 1.61. The van der Waals surface area contributed by atoms with E-state index in [1.54, 1.807) is 6.07 Å². The van der Waals surface area contributed by atoms with Gasteiger partial charge in [-0.05, 0) is 30.3 Å². The lowest BCUT2D eigenvalue weighted by Crippen LogP contribution is -2.10. The SMILES string of the molecule is NC(=S)c1ccc(F)c(COc2cc(F)cc(Br)c2)c1. The Balaban J connectivity index is 2.18. The zero-order chi connectivity index (χ0) is 14.7. The van der Waals surface area contributed by atoms with Crippen molar-refractivity contribution >= 4 is 33.1 Å². The van der Waals surface area contributed by atoms with Gasteiger partial charge in [0.05, 0.1) is 0 Å². The number of hydrogen-bond donors (Lipinski definition) is 1. The summed E-state index contributed by atoms with van der Waals surface area (Å²) < 4.78 is 32.8. The summed E-state index contributed by atoms with van der Waals surface area (Å²) in [6, 6.07) is 8.42. The molecule has 6 heteroatoms. The first-order chi connectivity index (χ1) is 9.45. The second kappa shape index (κ2) is 6.28. The van der Waals surface area contributed by atoms with Gasteiger partial charge in [0.2, 0.25) is 0 Å². The summed E-state index contributed by atoms with van der Waals surface area (Å²) in [5.41, 5.74) is 6.35. The standard InChI is InChI=1S/C14H10BrF2NOS/c15-10-4-11(16)6-12(5-10)19-7-9-3-8(14(18)20)1-2-13(9)17/h1-6H,7H2,(H2,18,20). The second-order valence-corrected chi connectivity index (χ2v) is 5.42. The van der Waals surface area contributed by atoms with Crippen LogP contribution in [-0.2, 0) is 6.61 Å². The second-order valence-electron chi connectivity index (χ2n) is 4.06. The fourth-order valence-corrected chi connectivity index (χ4v) is 2.18. The predicted molar refractivity (Wildman–Crippen MR) is 80.7 cm³/mol. The van der Waals surface area contributed by atoms with E-state index in [4.69, 9.17) is 22.7 Å². The van der Waals surface area contributed by atoms with E-state index in [1.807, 2.05) is 0 Å².